The Labute approximate surface area is 791 Å². The zero-order valence-electron chi connectivity index (χ0n) is 82.9. The molecule has 0 saturated heterocycles. The fourth-order valence-corrected chi connectivity index (χ4v) is 23.6. The van der Waals surface area contributed by atoms with Gasteiger partial charge in [0.05, 0.1) is 11.4 Å². The Morgan fingerprint density at radius 3 is 0.854 bits per heavy atom. The van der Waals surface area contributed by atoms with Crippen molar-refractivity contribution < 1.29 is 8.83 Å². The second-order valence-electron chi connectivity index (χ2n) is 47.5. The molecule has 0 aliphatic heterocycles. The van der Waals surface area contributed by atoms with Crippen LogP contribution in [0.3, 0.4) is 0 Å². The van der Waals surface area contributed by atoms with E-state index < -0.39 is 0 Å². The largest absolute Gasteiger partial charge is 0.454 e. The van der Waals surface area contributed by atoms with Gasteiger partial charge in [-0.2, -0.15) is 0 Å². The van der Waals surface area contributed by atoms with E-state index in [9.17, 15) is 0 Å². The van der Waals surface area contributed by atoms with E-state index in [1.807, 2.05) is 48.5 Å². The van der Waals surface area contributed by atoms with E-state index in [0.717, 1.165) is 83.8 Å². The number of rotatable bonds is 9. The first kappa shape index (κ1) is 92.1. The van der Waals surface area contributed by atoms with Crippen LogP contribution in [0.15, 0.2) is 244 Å². The lowest BCUT2D eigenvalue weighted by atomic mass is 9.63. The maximum absolute atomic E-state index is 6.87. The molecule has 2 aromatic heterocycles. The smallest absolute Gasteiger partial charge is 0.159 e. The molecule has 0 spiro atoms. The summed E-state index contributed by atoms with van der Waals surface area (Å²) in [6, 6.07) is 85.7. The van der Waals surface area contributed by atoms with Crippen molar-refractivity contribution in [3.63, 3.8) is 0 Å². The molecule has 0 saturated carbocycles. The monoisotopic (exact) mass is 1810 g/mol. The van der Waals surface area contributed by atoms with Crippen molar-refractivity contribution in [3.8, 4) is 0 Å². The molecule has 6 aliphatic carbocycles. The Hall–Kier alpha value is -9.79. The molecule has 0 bridgehead atoms. The highest BCUT2D eigenvalue weighted by atomic mass is 79.9. The SMILES string of the molecule is CC1(C)CCC(C)(C)c2cc(Br)ccc21.Cc1cc(Cl)cc(N(c2ccc3c(c2)C(C)(C)CCC3(C)C)c2ccc3c(c2)C(C)(C)CCC3(C)C)c1.Cc1cc(N(c2ccc3c(c2)C(C)(C)CCC3(C)C)c2ccc3c(c2)C(C)(C)CCC3(C)C)cc(N(c2ccc3c(c2)C(C)(C)CCC3(C)C)c2cccc3c2oc2ccccc23)c1.Nc1cccc2c1oc1ccccc12. The third-order valence-corrected chi connectivity index (χ3v) is 32.9. The number of para-hydroxylation sites is 4. The van der Waals surface area contributed by atoms with Crippen LogP contribution in [0, 0.1) is 13.8 Å². The molecule has 0 radical (unpaired) electrons. The van der Waals surface area contributed by atoms with Crippen LogP contribution < -0.4 is 20.4 Å². The zero-order valence-corrected chi connectivity index (χ0v) is 85.3. The van der Waals surface area contributed by atoms with Gasteiger partial charge in [0.25, 0.3) is 0 Å². The van der Waals surface area contributed by atoms with Crippen LogP contribution in [0.1, 0.15) is 321 Å². The van der Waals surface area contributed by atoms with Crippen molar-refractivity contribution >= 4 is 128 Å². The van der Waals surface area contributed by atoms with Crippen molar-refractivity contribution in [2.45, 2.75) is 322 Å². The highest BCUT2D eigenvalue weighted by Gasteiger charge is 2.45. The van der Waals surface area contributed by atoms with E-state index in [4.69, 9.17) is 26.2 Å². The van der Waals surface area contributed by atoms with E-state index in [1.54, 1.807) is 0 Å². The zero-order chi connectivity index (χ0) is 93.1. The summed E-state index contributed by atoms with van der Waals surface area (Å²) in [5.41, 5.74) is 42.5. The molecule has 8 heteroatoms. The number of fused-ring (bicyclic) bond motifs is 12. The first-order valence-corrected chi connectivity index (χ1v) is 49.4. The van der Waals surface area contributed by atoms with Crippen LogP contribution >= 0.6 is 27.5 Å². The number of hydrogen-bond donors (Lipinski definition) is 1. The van der Waals surface area contributed by atoms with E-state index in [-0.39, 0.29) is 54.1 Å². The van der Waals surface area contributed by atoms with Crippen molar-refractivity contribution in [2.24, 2.45) is 0 Å². The van der Waals surface area contributed by atoms with E-state index in [2.05, 4.69) is 393 Å². The average molecular weight is 1810 g/mol. The van der Waals surface area contributed by atoms with Crippen molar-refractivity contribution in [2.75, 3.05) is 20.4 Å². The predicted molar refractivity (Wildman–Crippen MR) is 563 cm³/mol. The summed E-state index contributed by atoms with van der Waals surface area (Å²) in [4.78, 5) is 7.47. The summed E-state index contributed by atoms with van der Waals surface area (Å²) in [6.07, 6.45) is 14.5. The average Bonchev–Trinajstić information content (AvgIpc) is 1.38. The minimum Gasteiger partial charge on any atom is -0.454 e. The molecule has 2 heterocycles. The third kappa shape index (κ3) is 17.1. The Morgan fingerprint density at radius 2 is 0.508 bits per heavy atom. The topological polar surface area (TPSA) is 62.0 Å². The Morgan fingerprint density at radius 1 is 0.246 bits per heavy atom. The molecule has 2 N–H and O–H groups in total. The van der Waals surface area contributed by atoms with Gasteiger partial charge < -0.3 is 29.3 Å². The quantitative estimate of drug-likeness (QED) is 0.145. The van der Waals surface area contributed by atoms with Crippen molar-refractivity contribution in [1.82, 2.24) is 0 Å². The molecule has 20 rings (SSSR count). The summed E-state index contributed by atoms with van der Waals surface area (Å²) < 4.78 is 13.7. The summed E-state index contributed by atoms with van der Waals surface area (Å²) in [5.74, 6) is 0. The lowest BCUT2D eigenvalue weighted by Gasteiger charge is -2.43. The summed E-state index contributed by atoms with van der Waals surface area (Å²) >= 11 is 10.2. The van der Waals surface area contributed by atoms with Gasteiger partial charge in [0.15, 0.2) is 11.2 Å². The number of benzene rings is 12. The Balaban J connectivity index is 0.000000148. The number of anilines is 10. The van der Waals surface area contributed by atoms with Gasteiger partial charge in [-0.3, -0.25) is 0 Å². The minimum atomic E-state index is 0.0516. The number of hydrogen-bond acceptors (Lipinski definition) is 6. The van der Waals surface area contributed by atoms with Gasteiger partial charge in [0, 0.05) is 76.5 Å². The van der Waals surface area contributed by atoms with Crippen molar-refractivity contribution in [1.29, 1.82) is 0 Å². The Bertz CT molecular complexity index is 6560. The van der Waals surface area contributed by atoms with Crippen molar-refractivity contribution in [3.05, 3.63) is 318 Å². The number of nitrogen functional groups attached to an aromatic ring is 1. The second-order valence-corrected chi connectivity index (χ2v) is 48.9. The summed E-state index contributed by atoms with van der Waals surface area (Å²) in [6.45, 7) is 62.2. The van der Waals surface area contributed by atoms with Gasteiger partial charge >= 0.3 is 0 Å². The first-order chi connectivity index (χ1) is 60.9. The van der Waals surface area contributed by atoms with Gasteiger partial charge in [-0.15, -0.1) is 0 Å². The number of halogens is 2. The van der Waals surface area contributed by atoms with Crippen LogP contribution in [0.4, 0.5) is 56.9 Å². The van der Waals surface area contributed by atoms with Gasteiger partial charge in [0.2, 0.25) is 0 Å². The van der Waals surface area contributed by atoms with Gasteiger partial charge in [-0.1, -0.05) is 291 Å². The lowest BCUT2D eigenvalue weighted by molar-refractivity contribution is 0.331. The lowest BCUT2D eigenvalue weighted by Crippen LogP contribution is -2.34. The minimum absolute atomic E-state index is 0.0516. The molecule has 130 heavy (non-hydrogen) atoms. The van der Waals surface area contributed by atoms with Crippen LogP contribution in [0.5, 0.6) is 0 Å². The first-order valence-electron chi connectivity index (χ1n) is 48.3. The molecule has 0 unspecified atom stereocenters. The molecule has 14 aromatic rings. The highest BCUT2D eigenvalue weighted by Crippen LogP contribution is 2.58. The molecule has 676 valence electrons. The fourth-order valence-electron chi connectivity index (χ4n) is 23.0. The van der Waals surface area contributed by atoms with Crippen LogP contribution in [0.25, 0.3) is 43.9 Å². The number of nitrogens with two attached hydrogens (primary N) is 1. The molecule has 0 atom stereocenters. The molecular formula is C122H142BrClN4O2. The Kier molecular flexibility index (Phi) is 23.3. The normalized spacial score (nSPS) is 19.3. The standard InChI is InChI=1S/C61H70N2O.C35H44ClN.C14H19Br.C12H9NO/c1-39-33-43(62(40-21-24-47-50(36-40)59(8,9)30-27-56(47,2)3)41-22-25-48-51(37-41)60(10,11)31-28-57(48,4)5)35-44(34-39)63(42-23-26-49-52(38-42)61(12,13)32-29-58(49,6)7)53-19-16-18-46-45-17-14-15-20-54(45)64-55(46)53;1-23-18-24(36)20-27(19-23)37(25-10-12-28-30(21-25)34(6,7)16-14-32(28,2)3)26-11-13-29-31(22-26)35(8,9)17-15-33(29,4)5;1-13(2)7-8-14(3,4)12-9-10(15)5-6-11(12)13;13-10-6-3-5-9-8-4-1-2-7-11(8)14-12(9)10/h14-26,33-38H,27-32H2,1-13H3;10-13,18-22H,14-17H2,1-9H3;5-6,9H,7-8H2,1-4H3;1-7H,13H2. The highest BCUT2D eigenvalue weighted by molar-refractivity contribution is 9.10. The van der Waals surface area contributed by atoms with Crippen LogP contribution in [-0.4, -0.2) is 0 Å². The molecule has 0 amide bonds. The second kappa shape index (κ2) is 32.8. The van der Waals surface area contributed by atoms with Gasteiger partial charge in [0.1, 0.15) is 11.2 Å². The molecular weight excluding hydrogens is 1670 g/mol. The maximum atomic E-state index is 6.87. The third-order valence-electron chi connectivity index (χ3n) is 32.2. The fraction of sp³-hybridized carbons (Fsp3) is 0.410. The molecule has 6 aliphatic rings. The molecule has 12 aromatic carbocycles. The predicted octanol–water partition coefficient (Wildman–Crippen LogP) is 36.7. The number of nitrogens with zero attached hydrogens (tertiary/aromatic N) is 3. The number of furan rings is 2. The maximum Gasteiger partial charge on any atom is 0.159 e. The molecule has 0 fully saturated rings. The van der Waals surface area contributed by atoms with Gasteiger partial charge in [-0.25, -0.2) is 0 Å². The summed E-state index contributed by atoms with van der Waals surface area (Å²) in [7, 11) is 0. The van der Waals surface area contributed by atoms with E-state index >= 15 is 0 Å². The number of aryl methyl sites for hydroxylation is 2. The van der Waals surface area contributed by atoms with E-state index in [0.29, 0.717) is 16.5 Å². The van der Waals surface area contributed by atoms with E-state index in [1.165, 1.54) is 176 Å². The molecule has 6 nitrogen and oxygen atoms in total. The summed E-state index contributed by atoms with van der Waals surface area (Å²) in [5, 5.41) is 5.25. The van der Waals surface area contributed by atoms with Crippen LogP contribution in [0.2, 0.25) is 5.02 Å². The van der Waals surface area contributed by atoms with Gasteiger partial charge in [-0.05, 0) is 367 Å². The van der Waals surface area contributed by atoms with Crippen LogP contribution in [-0.2, 0) is 65.0 Å².